The molecule has 0 fully saturated rings. The van der Waals surface area contributed by atoms with E-state index in [1.165, 1.54) is 0 Å². The van der Waals surface area contributed by atoms with Crippen molar-refractivity contribution in [1.29, 1.82) is 0 Å². The van der Waals surface area contributed by atoms with E-state index in [1.807, 2.05) is 12.3 Å². The van der Waals surface area contributed by atoms with Crippen LogP contribution in [0.3, 0.4) is 0 Å². The number of carboxylic acid groups (broad SMARTS) is 1. The van der Waals surface area contributed by atoms with Crippen LogP contribution < -0.4 is 5.73 Å². The number of carboxylic acids is 1. The van der Waals surface area contributed by atoms with Gasteiger partial charge in [0.15, 0.2) is 0 Å². The molecular weight excluding hydrogens is 186 g/mol. The number of nitrogens with two attached hydrogens (primary N) is 1. The SMILES string of the molecule is CSc1ccc(CC(=O)O)c(N)c1. The first-order valence-corrected chi connectivity index (χ1v) is 5.00. The Balaban J connectivity index is 2.91. The number of benzene rings is 1. The normalized spacial score (nSPS) is 9.92. The number of hydrogen-bond acceptors (Lipinski definition) is 3. The molecule has 0 unspecified atom stereocenters. The van der Waals surface area contributed by atoms with E-state index in [9.17, 15) is 4.79 Å². The molecule has 0 atom stereocenters. The zero-order valence-corrected chi connectivity index (χ0v) is 8.10. The van der Waals surface area contributed by atoms with Crippen molar-refractivity contribution in [3.8, 4) is 0 Å². The predicted octanol–water partition coefficient (Wildman–Crippen LogP) is 1.62. The molecule has 0 radical (unpaired) electrons. The highest BCUT2D eigenvalue weighted by molar-refractivity contribution is 7.98. The van der Waals surface area contributed by atoms with Crippen LogP contribution in [0.1, 0.15) is 5.56 Å². The van der Waals surface area contributed by atoms with Crippen molar-refractivity contribution in [3.63, 3.8) is 0 Å². The van der Waals surface area contributed by atoms with Gasteiger partial charge in [-0.15, -0.1) is 11.8 Å². The van der Waals surface area contributed by atoms with Gasteiger partial charge in [-0.25, -0.2) is 0 Å². The third kappa shape index (κ3) is 2.66. The molecule has 0 spiro atoms. The molecule has 4 heteroatoms. The van der Waals surface area contributed by atoms with E-state index in [0.717, 1.165) is 4.90 Å². The number of carbonyl (C=O) groups is 1. The van der Waals surface area contributed by atoms with Gasteiger partial charge in [0.05, 0.1) is 6.42 Å². The second-order valence-corrected chi connectivity index (χ2v) is 3.51. The highest BCUT2D eigenvalue weighted by Crippen LogP contribution is 2.21. The summed E-state index contributed by atoms with van der Waals surface area (Å²) < 4.78 is 0. The van der Waals surface area contributed by atoms with Gasteiger partial charge >= 0.3 is 5.97 Å². The number of rotatable bonds is 3. The molecule has 0 aliphatic carbocycles. The quantitative estimate of drug-likeness (QED) is 0.571. The number of thioether (sulfide) groups is 1. The molecule has 3 nitrogen and oxygen atoms in total. The minimum absolute atomic E-state index is 0.0134. The fourth-order valence-electron chi connectivity index (χ4n) is 1.02. The van der Waals surface area contributed by atoms with E-state index >= 15 is 0 Å². The average molecular weight is 197 g/mol. The van der Waals surface area contributed by atoms with Crippen molar-refractivity contribution in [2.45, 2.75) is 11.3 Å². The van der Waals surface area contributed by atoms with Gasteiger partial charge in [0.1, 0.15) is 0 Å². The second kappa shape index (κ2) is 4.18. The fraction of sp³-hybridized carbons (Fsp3) is 0.222. The van der Waals surface area contributed by atoms with Gasteiger partial charge < -0.3 is 10.8 Å². The second-order valence-electron chi connectivity index (χ2n) is 2.64. The van der Waals surface area contributed by atoms with Crippen molar-refractivity contribution in [2.75, 3.05) is 12.0 Å². The van der Waals surface area contributed by atoms with Crippen molar-refractivity contribution >= 4 is 23.4 Å². The van der Waals surface area contributed by atoms with E-state index in [-0.39, 0.29) is 6.42 Å². The molecule has 0 heterocycles. The molecule has 1 aromatic carbocycles. The first-order valence-electron chi connectivity index (χ1n) is 3.77. The van der Waals surface area contributed by atoms with Crippen LogP contribution in [-0.4, -0.2) is 17.3 Å². The van der Waals surface area contributed by atoms with E-state index in [1.54, 1.807) is 23.9 Å². The molecule has 1 aromatic rings. The van der Waals surface area contributed by atoms with Crippen LogP contribution in [0.5, 0.6) is 0 Å². The van der Waals surface area contributed by atoms with Crippen LogP contribution in [-0.2, 0) is 11.2 Å². The highest BCUT2D eigenvalue weighted by Gasteiger charge is 2.04. The number of hydrogen-bond donors (Lipinski definition) is 2. The summed E-state index contributed by atoms with van der Waals surface area (Å²) in [7, 11) is 0. The Morgan fingerprint density at radius 3 is 2.77 bits per heavy atom. The van der Waals surface area contributed by atoms with Crippen LogP contribution in [0.25, 0.3) is 0 Å². The lowest BCUT2D eigenvalue weighted by atomic mass is 10.1. The summed E-state index contributed by atoms with van der Waals surface area (Å²) in [6.07, 6.45) is 1.94. The Bertz CT molecular complexity index is 325. The van der Waals surface area contributed by atoms with E-state index in [2.05, 4.69) is 0 Å². The van der Waals surface area contributed by atoms with Gasteiger partial charge in [-0.3, -0.25) is 4.79 Å². The zero-order chi connectivity index (χ0) is 9.84. The summed E-state index contributed by atoms with van der Waals surface area (Å²) in [5, 5.41) is 8.56. The molecule has 70 valence electrons. The number of nitrogen functional groups attached to an aromatic ring is 1. The minimum atomic E-state index is -0.858. The molecular formula is C9H11NO2S. The van der Waals surface area contributed by atoms with Crippen molar-refractivity contribution in [3.05, 3.63) is 23.8 Å². The fourth-order valence-corrected chi connectivity index (χ4v) is 1.47. The van der Waals surface area contributed by atoms with Crippen molar-refractivity contribution in [1.82, 2.24) is 0 Å². The Kier molecular flexibility index (Phi) is 3.19. The lowest BCUT2D eigenvalue weighted by Crippen LogP contribution is -2.03. The Morgan fingerprint density at radius 1 is 1.62 bits per heavy atom. The maximum absolute atomic E-state index is 10.4. The summed E-state index contributed by atoms with van der Waals surface area (Å²) >= 11 is 1.58. The zero-order valence-electron chi connectivity index (χ0n) is 7.28. The molecule has 0 bridgehead atoms. The molecule has 0 aliphatic heterocycles. The third-order valence-corrected chi connectivity index (χ3v) is 2.42. The smallest absolute Gasteiger partial charge is 0.307 e. The van der Waals surface area contributed by atoms with Crippen molar-refractivity contribution < 1.29 is 9.90 Å². The molecule has 0 aromatic heterocycles. The predicted molar refractivity (Wildman–Crippen MR) is 54.0 cm³/mol. The van der Waals surface area contributed by atoms with Gasteiger partial charge in [0.25, 0.3) is 0 Å². The van der Waals surface area contributed by atoms with Crippen LogP contribution in [0.15, 0.2) is 23.1 Å². The Morgan fingerprint density at radius 2 is 2.31 bits per heavy atom. The van der Waals surface area contributed by atoms with Crippen LogP contribution >= 0.6 is 11.8 Å². The highest BCUT2D eigenvalue weighted by atomic mass is 32.2. The Labute approximate surface area is 80.9 Å². The monoisotopic (exact) mass is 197 g/mol. The topological polar surface area (TPSA) is 63.3 Å². The molecule has 13 heavy (non-hydrogen) atoms. The summed E-state index contributed by atoms with van der Waals surface area (Å²) in [6.45, 7) is 0. The molecule has 0 saturated heterocycles. The molecule has 1 rings (SSSR count). The van der Waals surface area contributed by atoms with Gasteiger partial charge in [-0.05, 0) is 24.0 Å². The number of anilines is 1. The molecule has 0 amide bonds. The summed E-state index contributed by atoms with van der Waals surface area (Å²) in [5.74, 6) is -0.858. The van der Waals surface area contributed by atoms with E-state index in [4.69, 9.17) is 10.8 Å². The van der Waals surface area contributed by atoms with E-state index < -0.39 is 5.97 Å². The average Bonchev–Trinajstić information content (AvgIpc) is 2.08. The van der Waals surface area contributed by atoms with Gasteiger partial charge in [0.2, 0.25) is 0 Å². The summed E-state index contributed by atoms with van der Waals surface area (Å²) in [4.78, 5) is 11.5. The van der Waals surface area contributed by atoms with Gasteiger partial charge in [-0.1, -0.05) is 6.07 Å². The lowest BCUT2D eigenvalue weighted by molar-refractivity contribution is -0.136. The lowest BCUT2D eigenvalue weighted by Gasteiger charge is -2.04. The van der Waals surface area contributed by atoms with Gasteiger partial charge in [-0.2, -0.15) is 0 Å². The molecule has 0 saturated carbocycles. The largest absolute Gasteiger partial charge is 0.481 e. The van der Waals surface area contributed by atoms with Crippen LogP contribution in [0.4, 0.5) is 5.69 Å². The van der Waals surface area contributed by atoms with Crippen LogP contribution in [0.2, 0.25) is 0 Å². The maximum atomic E-state index is 10.4. The van der Waals surface area contributed by atoms with Gasteiger partial charge in [0, 0.05) is 10.6 Å². The Hall–Kier alpha value is -1.16. The maximum Gasteiger partial charge on any atom is 0.307 e. The first-order chi connectivity index (χ1) is 6.13. The van der Waals surface area contributed by atoms with Crippen LogP contribution in [0, 0.1) is 0 Å². The minimum Gasteiger partial charge on any atom is -0.481 e. The number of aliphatic carboxylic acids is 1. The standard InChI is InChI=1S/C9H11NO2S/c1-13-7-3-2-6(4-9(11)12)8(10)5-7/h2-3,5H,4,10H2,1H3,(H,11,12). The van der Waals surface area contributed by atoms with Crippen molar-refractivity contribution in [2.24, 2.45) is 0 Å². The van der Waals surface area contributed by atoms with E-state index in [0.29, 0.717) is 11.3 Å². The summed E-state index contributed by atoms with van der Waals surface area (Å²) in [5.41, 5.74) is 6.89. The summed E-state index contributed by atoms with van der Waals surface area (Å²) in [6, 6.07) is 5.43. The first kappa shape index (κ1) is 9.92. The third-order valence-electron chi connectivity index (χ3n) is 1.69. The molecule has 3 N–H and O–H groups in total. The molecule has 0 aliphatic rings.